The predicted octanol–water partition coefficient (Wildman–Crippen LogP) is 3.83. The molecule has 1 aliphatic carbocycles. The topological polar surface area (TPSA) is 12.0 Å². The molecule has 2 heteroatoms. The van der Waals surface area contributed by atoms with E-state index in [1.54, 1.807) is 0 Å². The van der Waals surface area contributed by atoms with Gasteiger partial charge in [-0.05, 0) is 38.0 Å². The van der Waals surface area contributed by atoms with Gasteiger partial charge in [0, 0.05) is 11.3 Å². The molecule has 1 saturated carbocycles. The van der Waals surface area contributed by atoms with Crippen LogP contribution in [0.25, 0.3) is 0 Å². The molecule has 0 aliphatic heterocycles. The molecule has 2 atom stereocenters. The van der Waals surface area contributed by atoms with Crippen LogP contribution >= 0.6 is 11.8 Å². The summed E-state index contributed by atoms with van der Waals surface area (Å²) in [5, 5.41) is 4.66. The zero-order valence-corrected chi connectivity index (χ0v) is 11.2. The Labute approximate surface area is 99.8 Å². The van der Waals surface area contributed by atoms with Crippen molar-refractivity contribution < 1.29 is 0 Å². The summed E-state index contributed by atoms with van der Waals surface area (Å²) < 4.78 is 0. The van der Waals surface area contributed by atoms with Gasteiger partial charge in [-0.25, -0.2) is 0 Å². The first-order valence-corrected chi connectivity index (χ1v) is 7.76. The van der Waals surface area contributed by atoms with Crippen molar-refractivity contribution >= 4 is 11.8 Å². The summed E-state index contributed by atoms with van der Waals surface area (Å²) in [6.45, 7) is 5.79. The molecule has 1 fully saturated rings. The van der Waals surface area contributed by atoms with Crippen LogP contribution in [0.3, 0.4) is 0 Å². The Balaban J connectivity index is 1.94. The van der Waals surface area contributed by atoms with Crippen molar-refractivity contribution in [3.8, 4) is 0 Å². The lowest BCUT2D eigenvalue weighted by atomic mass is 10.2. The molecule has 0 spiro atoms. The second kappa shape index (κ2) is 8.46. The largest absolute Gasteiger partial charge is 0.314 e. The SMILES string of the molecule is CCCCCCNC1CCC(SCC)C1. The van der Waals surface area contributed by atoms with Crippen LogP contribution in [0.2, 0.25) is 0 Å². The summed E-state index contributed by atoms with van der Waals surface area (Å²) in [4.78, 5) is 0. The van der Waals surface area contributed by atoms with E-state index >= 15 is 0 Å². The minimum atomic E-state index is 0.829. The van der Waals surface area contributed by atoms with Gasteiger partial charge in [-0.1, -0.05) is 33.1 Å². The lowest BCUT2D eigenvalue weighted by molar-refractivity contribution is 0.503. The van der Waals surface area contributed by atoms with Crippen molar-refractivity contribution in [3.05, 3.63) is 0 Å². The van der Waals surface area contributed by atoms with Crippen LogP contribution in [-0.4, -0.2) is 23.6 Å². The molecule has 0 heterocycles. The lowest BCUT2D eigenvalue weighted by Crippen LogP contribution is -2.27. The molecule has 2 unspecified atom stereocenters. The molecule has 15 heavy (non-hydrogen) atoms. The van der Waals surface area contributed by atoms with Crippen molar-refractivity contribution in [2.75, 3.05) is 12.3 Å². The summed E-state index contributed by atoms with van der Waals surface area (Å²) in [5.74, 6) is 1.29. The Hall–Kier alpha value is 0.310. The van der Waals surface area contributed by atoms with Gasteiger partial charge in [-0.3, -0.25) is 0 Å². The maximum Gasteiger partial charge on any atom is 0.00779 e. The molecule has 0 radical (unpaired) electrons. The number of rotatable bonds is 8. The number of hydrogen-bond acceptors (Lipinski definition) is 2. The average Bonchev–Trinajstić information content (AvgIpc) is 2.66. The van der Waals surface area contributed by atoms with E-state index in [0.717, 1.165) is 11.3 Å². The molecule has 0 saturated heterocycles. The van der Waals surface area contributed by atoms with E-state index in [4.69, 9.17) is 0 Å². The molecule has 1 rings (SSSR count). The summed E-state index contributed by atoms with van der Waals surface area (Å²) in [6, 6.07) is 0.829. The molecular weight excluding hydrogens is 202 g/mol. The molecule has 0 bridgehead atoms. The third kappa shape index (κ3) is 5.82. The van der Waals surface area contributed by atoms with Crippen molar-refractivity contribution in [2.45, 2.75) is 70.1 Å². The first-order valence-electron chi connectivity index (χ1n) is 6.71. The number of thioether (sulfide) groups is 1. The van der Waals surface area contributed by atoms with Crippen LogP contribution in [0.4, 0.5) is 0 Å². The maximum absolute atomic E-state index is 3.72. The summed E-state index contributed by atoms with van der Waals surface area (Å²) >= 11 is 2.15. The third-order valence-electron chi connectivity index (χ3n) is 3.25. The quantitative estimate of drug-likeness (QED) is 0.635. The van der Waals surface area contributed by atoms with Gasteiger partial charge in [0.05, 0.1) is 0 Å². The Morgan fingerprint density at radius 1 is 1.13 bits per heavy atom. The molecule has 0 aromatic carbocycles. The Morgan fingerprint density at radius 3 is 2.73 bits per heavy atom. The van der Waals surface area contributed by atoms with Crippen LogP contribution < -0.4 is 5.32 Å². The first kappa shape index (κ1) is 13.4. The second-order valence-electron chi connectivity index (χ2n) is 4.60. The Bertz CT molecular complexity index is 149. The summed E-state index contributed by atoms with van der Waals surface area (Å²) in [6.07, 6.45) is 9.78. The van der Waals surface area contributed by atoms with E-state index in [-0.39, 0.29) is 0 Å². The molecule has 0 aromatic heterocycles. The van der Waals surface area contributed by atoms with E-state index in [1.807, 2.05) is 0 Å². The highest BCUT2D eigenvalue weighted by molar-refractivity contribution is 7.99. The predicted molar refractivity (Wildman–Crippen MR) is 71.7 cm³/mol. The van der Waals surface area contributed by atoms with Gasteiger partial charge in [0.25, 0.3) is 0 Å². The molecule has 1 aliphatic rings. The molecule has 0 aromatic rings. The van der Waals surface area contributed by atoms with Gasteiger partial charge in [0.2, 0.25) is 0 Å². The van der Waals surface area contributed by atoms with Crippen LogP contribution in [0.15, 0.2) is 0 Å². The average molecular weight is 229 g/mol. The van der Waals surface area contributed by atoms with Gasteiger partial charge >= 0.3 is 0 Å². The van der Waals surface area contributed by atoms with Gasteiger partial charge in [-0.2, -0.15) is 11.8 Å². The van der Waals surface area contributed by atoms with Gasteiger partial charge in [-0.15, -0.1) is 0 Å². The number of hydrogen-bond donors (Lipinski definition) is 1. The highest BCUT2D eigenvalue weighted by atomic mass is 32.2. The van der Waals surface area contributed by atoms with Gasteiger partial charge < -0.3 is 5.32 Å². The van der Waals surface area contributed by atoms with Crippen molar-refractivity contribution in [1.29, 1.82) is 0 Å². The van der Waals surface area contributed by atoms with Crippen molar-refractivity contribution in [3.63, 3.8) is 0 Å². The highest BCUT2D eigenvalue weighted by Crippen LogP contribution is 2.29. The number of unbranched alkanes of at least 4 members (excludes halogenated alkanes) is 3. The van der Waals surface area contributed by atoms with Crippen LogP contribution in [0.5, 0.6) is 0 Å². The van der Waals surface area contributed by atoms with Crippen molar-refractivity contribution in [1.82, 2.24) is 5.32 Å². The summed E-state index contributed by atoms with van der Waals surface area (Å²) in [5.41, 5.74) is 0. The molecule has 0 amide bonds. The van der Waals surface area contributed by atoms with E-state index < -0.39 is 0 Å². The minimum absolute atomic E-state index is 0.829. The van der Waals surface area contributed by atoms with E-state index in [1.165, 1.54) is 57.2 Å². The van der Waals surface area contributed by atoms with Crippen molar-refractivity contribution in [2.24, 2.45) is 0 Å². The zero-order chi connectivity index (χ0) is 10.9. The Morgan fingerprint density at radius 2 is 2.00 bits per heavy atom. The second-order valence-corrected chi connectivity index (χ2v) is 6.18. The van der Waals surface area contributed by atoms with E-state index in [9.17, 15) is 0 Å². The number of nitrogens with one attached hydrogen (secondary N) is 1. The minimum Gasteiger partial charge on any atom is -0.314 e. The van der Waals surface area contributed by atoms with Gasteiger partial charge in [0.1, 0.15) is 0 Å². The zero-order valence-electron chi connectivity index (χ0n) is 10.4. The molecule has 1 nitrogen and oxygen atoms in total. The molecule has 90 valence electrons. The molecule has 1 N–H and O–H groups in total. The first-order chi connectivity index (χ1) is 7.36. The standard InChI is InChI=1S/C13H27NS/c1-3-5-6-7-10-14-12-8-9-13(11-12)15-4-2/h12-14H,3-11H2,1-2H3. The Kier molecular flexibility index (Phi) is 7.54. The maximum atomic E-state index is 3.72. The third-order valence-corrected chi connectivity index (χ3v) is 4.48. The van der Waals surface area contributed by atoms with Crippen LogP contribution in [0, 0.1) is 0 Å². The fraction of sp³-hybridized carbons (Fsp3) is 1.00. The normalized spacial score (nSPS) is 26.0. The lowest BCUT2D eigenvalue weighted by Gasteiger charge is -2.12. The monoisotopic (exact) mass is 229 g/mol. The highest BCUT2D eigenvalue weighted by Gasteiger charge is 2.23. The fourth-order valence-electron chi connectivity index (χ4n) is 2.37. The van der Waals surface area contributed by atoms with Crippen LogP contribution in [0.1, 0.15) is 58.8 Å². The fourth-order valence-corrected chi connectivity index (χ4v) is 3.51. The smallest absolute Gasteiger partial charge is 0.00779 e. The molecular formula is C13H27NS. The summed E-state index contributed by atoms with van der Waals surface area (Å²) in [7, 11) is 0. The van der Waals surface area contributed by atoms with Crippen LogP contribution in [-0.2, 0) is 0 Å². The van der Waals surface area contributed by atoms with Gasteiger partial charge in [0.15, 0.2) is 0 Å². The van der Waals surface area contributed by atoms with E-state index in [2.05, 4.69) is 30.9 Å². The van der Waals surface area contributed by atoms with E-state index in [0.29, 0.717) is 0 Å².